The monoisotopic (exact) mass is 302 g/mol. The van der Waals surface area contributed by atoms with Crippen LogP contribution in [-0.4, -0.2) is 15.8 Å². The summed E-state index contributed by atoms with van der Waals surface area (Å²) in [4.78, 5) is 31.7. The minimum Gasteiger partial charge on any atom is -0.457 e. The number of nitrogens with zero attached hydrogens (tertiary/aromatic N) is 2. The van der Waals surface area contributed by atoms with Gasteiger partial charge in [-0.2, -0.15) is 0 Å². The number of benzene rings is 2. The second-order valence-corrected chi connectivity index (χ2v) is 4.30. The number of nitro groups is 2. The number of carbonyl (C=O) groups excluding carboxylic acids is 1. The molecule has 2 aromatic rings. The fourth-order valence-electron chi connectivity index (χ4n) is 1.67. The molecule has 0 fully saturated rings. The molecule has 0 spiro atoms. The van der Waals surface area contributed by atoms with Crippen molar-refractivity contribution in [1.82, 2.24) is 0 Å². The normalized spacial score (nSPS) is 10.0. The minimum atomic E-state index is -0.631. The van der Waals surface area contributed by atoms with Crippen molar-refractivity contribution in [2.45, 2.75) is 6.61 Å². The maximum absolute atomic E-state index is 11.8. The van der Waals surface area contributed by atoms with E-state index in [1.54, 1.807) is 0 Å². The van der Waals surface area contributed by atoms with Crippen LogP contribution >= 0.6 is 0 Å². The Morgan fingerprint density at radius 3 is 1.77 bits per heavy atom. The molecule has 0 aliphatic rings. The molecule has 2 aromatic carbocycles. The Hall–Kier alpha value is -3.29. The van der Waals surface area contributed by atoms with E-state index in [1.165, 1.54) is 48.5 Å². The number of esters is 1. The SMILES string of the molecule is O=C(OCc1ccc([N+](=O)[O-])cc1)c1ccc([N+](=O)[O-])cc1. The van der Waals surface area contributed by atoms with Gasteiger partial charge in [0.2, 0.25) is 0 Å². The van der Waals surface area contributed by atoms with Crippen LogP contribution in [-0.2, 0) is 11.3 Å². The highest BCUT2D eigenvalue weighted by molar-refractivity contribution is 5.89. The van der Waals surface area contributed by atoms with E-state index in [0.29, 0.717) is 5.56 Å². The number of nitro benzene ring substituents is 2. The van der Waals surface area contributed by atoms with Crippen molar-refractivity contribution in [1.29, 1.82) is 0 Å². The molecule has 0 aliphatic heterocycles. The summed E-state index contributed by atoms with van der Waals surface area (Å²) in [7, 11) is 0. The van der Waals surface area contributed by atoms with Crippen molar-refractivity contribution in [3.63, 3.8) is 0 Å². The number of rotatable bonds is 5. The van der Waals surface area contributed by atoms with Crippen LogP contribution in [0.25, 0.3) is 0 Å². The smallest absolute Gasteiger partial charge is 0.338 e. The molecule has 0 unspecified atom stereocenters. The molecule has 8 nitrogen and oxygen atoms in total. The molecule has 0 aromatic heterocycles. The highest BCUT2D eigenvalue weighted by Gasteiger charge is 2.11. The van der Waals surface area contributed by atoms with E-state index >= 15 is 0 Å². The fourth-order valence-corrected chi connectivity index (χ4v) is 1.67. The lowest BCUT2D eigenvalue weighted by molar-refractivity contribution is -0.385. The molecule has 0 atom stereocenters. The number of ether oxygens (including phenoxy) is 1. The summed E-state index contributed by atoms with van der Waals surface area (Å²) in [5, 5.41) is 21.0. The van der Waals surface area contributed by atoms with Crippen LogP contribution < -0.4 is 0 Å². The van der Waals surface area contributed by atoms with Gasteiger partial charge in [0.25, 0.3) is 11.4 Å². The molecule has 0 heterocycles. The van der Waals surface area contributed by atoms with Crippen LogP contribution in [0.3, 0.4) is 0 Å². The third-order valence-corrected chi connectivity index (χ3v) is 2.83. The van der Waals surface area contributed by atoms with Crippen molar-refractivity contribution in [2.75, 3.05) is 0 Å². The van der Waals surface area contributed by atoms with E-state index in [9.17, 15) is 25.0 Å². The van der Waals surface area contributed by atoms with E-state index < -0.39 is 15.8 Å². The van der Waals surface area contributed by atoms with Gasteiger partial charge in [-0.05, 0) is 29.8 Å². The first-order valence-corrected chi connectivity index (χ1v) is 6.12. The van der Waals surface area contributed by atoms with Gasteiger partial charge in [-0.1, -0.05) is 0 Å². The van der Waals surface area contributed by atoms with Gasteiger partial charge < -0.3 is 4.74 Å². The van der Waals surface area contributed by atoms with Gasteiger partial charge in [-0.3, -0.25) is 20.2 Å². The van der Waals surface area contributed by atoms with E-state index in [-0.39, 0.29) is 23.5 Å². The van der Waals surface area contributed by atoms with Crippen molar-refractivity contribution in [3.8, 4) is 0 Å². The summed E-state index contributed by atoms with van der Waals surface area (Å²) in [5.74, 6) is -0.631. The lowest BCUT2D eigenvalue weighted by Crippen LogP contribution is -2.05. The molecule has 2 rings (SSSR count). The summed E-state index contributed by atoms with van der Waals surface area (Å²) >= 11 is 0. The Morgan fingerprint density at radius 2 is 1.32 bits per heavy atom. The Morgan fingerprint density at radius 1 is 0.864 bits per heavy atom. The van der Waals surface area contributed by atoms with Gasteiger partial charge in [0.15, 0.2) is 0 Å². The molecule has 0 bridgehead atoms. The van der Waals surface area contributed by atoms with Crippen LogP contribution in [0.15, 0.2) is 48.5 Å². The van der Waals surface area contributed by atoms with Crippen molar-refractivity contribution >= 4 is 17.3 Å². The van der Waals surface area contributed by atoms with Crippen LogP contribution in [0.5, 0.6) is 0 Å². The molecule has 0 saturated carbocycles. The number of non-ortho nitro benzene ring substituents is 2. The molecule has 0 N–H and O–H groups in total. The average Bonchev–Trinajstić information content (AvgIpc) is 2.53. The maximum Gasteiger partial charge on any atom is 0.338 e. The molecular formula is C14H10N2O6. The maximum atomic E-state index is 11.8. The summed E-state index contributed by atoms with van der Waals surface area (Å²) in [5.41, 5.74) is 0.616. The van der Waals surface area contributed by atoms with E-state index in [0.717, 1.165) is 0 Å². The quantitative estimate of drug-likeness (QED) is 0.476. The lowest BCUT2D eigenvalue weighted by atomic mass is 10.2. The molecule has 0 aliphatic carbocycles. The standard InChI is InChI=1S/C14H10N2O6/c17-14(11-3-7-13(8-4-11)16(20)21)22-9-10-1-5-12(6-2-10)15(18)19/h1-8H,9H2. The van der Waals surface area contributed by atoms with Crippen LogP contribution in [0, 0.1) is 20.2 Å². The minimum absolute atomic E-state index is 0.0478. The molecule has 0 radical (unpaired) electrons. The predicted molar refractivity (Wildman–Crippen MR) is 75.3 cm³/mol. The lowest BCUT2D eigenvalue weighted by Gasteiger charge is -2.04. The van der Waals surface area contributed by atoms with Gasteiger partial charge >= 0.3 is 5.97 Å². The first-order valence-electron chi connectivity index (χ1n) is 6.12. The predicted octanol–water partition coefficient (Wildman–Crippen LogP) is 2.86. The summed E-state index contributed by atoms with van der Waals surface area (Å²) < 4.78 is 5.04. The first kappa shape index (κ1) is 15.1. The van der Waals surface area contributed by atoms with Crippen LogP contribution in [0.4, 0.5) is 11.4 Å². The molecule has 112 valence electrons. The number of carbonyl (C=O) groups is 1. The van der Waals surface area contributed by atoms with E-state index in [4.69, 9.17) is 4.74 Å². The highest BCUT2D eigenvalue weighted by atomic mass is 16.6. The third kappa shape index (κ3) is 3.63. The summed E-state index contributed by atoms with van der Waals surface area (Å²) in [6.45, 7) is -0.0478. The van der Waals surface area contributed by atoms with Gasteiger partial charge in [0, 0.05) is 24.3 Å². The highest BCUT2D eigenvalue weighted by Crippen LogP contribution is 2.15. The first-order chi connectivity index (χ1) is 10.5. The van der Waals surface area contributed by atoms with Crippen LogP contribution in [0.1, 0.15) is 15.9 Å². The molecule has 22 heavy (non-hydrogen) atoms. The second kappa shape index (κ2) is 6.44. The second-order valence-electron chi connectivity index (χ2n) is 4.30. The zero-order chi connectivity index (χ0) is 16.1. The van der Waals surface area contributed by atoms with Crippen molar-refractivity contribution < 1.29 is 19.4 Å². The van der Waals surface area contributed by atoms with Gasteiger partial charge in [-0.25, -0.2) is 4.79 Å². The zero-order valence-corrected chi connectivity index (χ0v) is 11.2. The van der Waals surface area contributed by atoms with E-state index in [2.05, 4.69) is 0 Å². The molecule has 0 saturated heterocycles. The number of hydrogen-bond donors (Lipinski definition) is 0. The van der Waals surface area contributed by atoms with Gasteiger partial charge in [0.1, 0.15) is 6.61 Å². The topological polar surface area (TPSA) is 113 Å². The Balaban J connectivity index is 1.97. The Labute approximate surface area is 124 Å². The third-order valence-electron chi connectivity index (χ3n) is 2.83. The Kier molecular flexibility index (Phi) is 4.42. The summed E-state index contributed by atoms with van der Waals surface area (Å²) in [6, 6.07) is 10.6. The van der Waals surface area contributed by atoms with Gasteiger partial charge in [-0.15, -0.1) is 0 Å². The average molecular weight is 302 g/mol. The molecule has 0 amide bonds. The molecular weight excluding hydrogens is 292 g/mol. The van der Waals surface area contributed by atoms with Gasteiger partial charge in [0.05, 0.1) is 15.4 Å². The van der Waals surface area contributed by atoms with E-state index in [1.807, 2.05) is 0 Å². The number of hydrogen-bond acceptors (Lipinski definition) is 6. The zero-order valence-electron chi connectivity index (χ0n) is 11.2. The van der Waals surface area contributed by atoms with Crippen LogP contribution in [0.2, 0.25) is 0 Å². The molecule has 8 heteroatoms. The van der Waals surface area contributed by atoms with Crippen molar-refractivity contribution in [3.05, 3.63) is 79.9 Å². The van der Waals surface area contributed by atoms with Crippen molar-refractivity contribution in [2.24, 2.45) is 0 Å². The fraction of sp³-hybridized carbons (Fsp3) is 0.0714. The Bertz CT molecular complexity index is 709. The summed E-state index contributed by atoms with van der Waals surface area (Å²) in [6.07, 6.45) is 0. The largest absolute Gasteiger partial charge is 0.457 e.